The first-order chi connectivity index (χ1) is 9.85. The zero-order chi connectivity index (χ0) is 15.1. The number of rotatable bonds is 5. The van der Waals surface area contributed by atoms with Crippen LogP contribution in [0.1, 0.15) is 38.5 Å². The van der Waals surface area contributed by atoms with Gasteiger partial charge in [-0.1, -0.05) is 12.8 Å². The predicted octanol–water partition coefficient (Wildman–Crippen LogP) is 0.707. The van der Waals surface area contributed by atoms with E-state index in [2.05, 4.69) is 10.6 Å². The van der Waals surface area contributed by atoms with Gasteiger partial charge in [-0.05, 0) is 38.1 Å². The number of carbonyl (C=O) groups excluding carboxylic acids is 1. The second-order valence-electron chi connectivity index (χ2n) is 7.48. The van der Waals surface area contributed by atoms with E-state index >= 15 is 0 Å². The minimum absolute atomic E-state index is 0.150. The summed E-state index contributed by atoms with van der Waals surface area (Å²) in [6, 6.07) is 0. The fourth-order valence-electron chi connectivity index (χ4n) is 4.24. The summed E-state index contributed by atoms with van der Waals surface area (Å²) in [5, 5.41) is 6.48. The zero-order valence-corrected chi connectivity index (χ0v) is 13.6. The topological polar surface area (TPSA) is 75.3 Å². The zero-order valence-electron chi connectivity index (χ0n) is 12.8. The van der Waals surface area contributed by atoms with Gasteiger partial charge in [0.1, 0.15) is 9.84 Å². The molecule has 0 bridgehead atoms. The Kier molecular flexibility index (Phi) is 3.81. The summed E-state index contributed by atoms with van der Waals surface area (Å²) in [6.07, 6.45) is 7.56. The van der Waals surface area contributed by atoms with E-state index < -0.39 is 9.84 Å². The molecule has 0 aromatic heterocycles. The van der Waals surface area contributed by atoms with Crippen molar-refractivity contribution in [2.75, 3.05) is 31.6 Å². The molecule has 0 aromatic carbocycles. The van der Waals surface area contributed by atoms with Crippen molar-refractivity contribution >= 4 is 15.7 Å². The maximum atomic E-state index is 12.7. The van der Waals surface area contributed by atoms with Gasteiger partial charge in [0, 0.05) is 24.8 Å². The molecule has 120 valence electrons. The molecule has 0 spiro atoms. The molecular weight excluding hydrogens is 288 g/mol. The highest BCUT2D eigenvalue weighted by Gasteiger charge is 2.51. The average Bonchev–Trinajstić information content (AvgIpc) is 3.01. The molecule has 3 aliphatic rings. The van der Waals surface area contributed by atoms with E-state index in [4.69, 9.17) is 0 Å². The van der Waals surface area contributed by atoms with E-state index in [0.29, 0.717) is 12.5 Å². The van der Waals surface area contributed by atoms with E-state index in [9.17, 15) is 13.2 Å². The molecule has 2 aliphatic carbocycles. The first-order valence-corrected chi connectivity index (χ1v) is 10.1. The van der Waals surface area contributed by atoms with Crippen LogP contribution in [0.4, 0.5) is 0 Å². The van der Waals surface area contributed by atoms with Gasteiger partial charge in [-0.2, -0.15) is 0 Å². The van der Waals surface area contributed by atoms with Gasteiger partial charge >= 0.3 is 0 Å². The maximum Gasteiger partial charge on any atom is 0.227 e. The van der Waals surface area contributed by atoms with Crippen LogP contribution in [0.2, 0.25) is 0 Å². The molecule has 2 saturated carbocycles. The first kappa shape index (κ1) is 15.3. The Balaban J connectivity index is 1.62. The Morgan fingerprint density at radius 2 is 2.05 bits per heavy atom. The molecular formula is C15H26N2O3S. The summed E-state index contributed by atoms with van der Waals surface area (Å²) < 4.78 is 23.0. The quantitative estimate of drug-likeness (QED) is 0.783. The standard InChI is InChI=1S/C15H26N2O3S/c1-21(19,20)11-14(6-7-14)9-17-13(18)15-5-3-2-4-12(15)8-16-10-15/h12,16H,2-11H2,1H3,(H,17,18)/t12-,15+/m0/s1. The van der Waals surface area contributed by atoms with Crippen LogP contribution >= 0.6 is 0 Å². The molecule has 0 unspecified atom stereocenters. The average molecular weight is 314 g/mol. The van der Waals surface area contributed by atoms with Crippen LogP contribution in [0.5, 0.6) is 0 Å². The fraction of sp³-hybridized carbons (Fsp3) is 0.933. The van der Waals surface area contributed by atoms with Crippen LogP contribution in [0.25, 0.3) is 0 Å². The third kappa shape index (κ3) is 3.11. The smallest absolute Gasteiger partial charge is 0.227 e. The lowest BCUT2D eigenvalue weighted by molar-refractivity contribution is -0.134. The highest BCUT2D eigenvalue weighted by Crippen LogP contribution is 2.47. The van der Waals surface area contributed by atoms with Crippen molar-refractivity contribution in [1.82, 2.24) is 10.6 Å². The Labute approximate surface area is 127 Å². The van der Waals surface area contributed by atoms with E-state index in [1.54, 1.807) is 0 Å². The van der Waals surface area contributed by atoms with Crippen LogP contribution in [-0.2, 0) is 14.6 Å². The van der Waals surface area contributed by atoms with Crippen molar-refractivity contribution in [3.8, 4) is 0 Å². The van der Waals surface area contributed by atoms with Crippen LogP contribution < -0.4 is 10.6 Å². The third-order valence-electron chi connectivity index (χ3n) is 5.64. The Hall–Kier alpha value is -0.620. The summed E-state index contributed by atoms with van der Waals surface area (Å²) >= 11 is 0. The molecule has 1 amide bonds. The van der Waals surface area contributed by atoms with Gasteiger partial charge in [-0.3, -0.25) is 4.79 Å². The molecule has 0 aromatic rings. The van der Waals surface area contributed by atoms with Gasteiger partial charge in [0.05, 0.1) is 11.2 Å². The second-order valence-corrected chi connectivity index (χ2v) is 9.62. The largest absolute Gasteiger partial charge is 0.355 e. The lowest BCUT2D eigenvalue weighted by Gasteiger charge is -2.37. The summed E-state index contributed by atoms with van der Waals surface area (Å²) in [5.74, 6) is 0.808. The first-order valence-electron chi connectivity index (χ1n) is 8.02. The molecule has 0 radical (unpaired) electrons. The molecule has 1 heterocycles. The van der Waals surface area contributed by atoms with Crippen LogP contribution in [-0.4, -0.2) is 46.0 Å². The Bertz CT molecular complexity index is 527. The monoisotopic (exact) mass is 314 g/mol. The van der Waals surface area contributed by atoms with Gasteiger partial charge < -0.3 is 10.6 Å². The molecule has 2 N–H and O–H groups in total. The molecule has 5 nitrogen and oxygen atoms in total. The molecule has 3 rings (SSSR count). The number of nitrogens with one attached hydrogen (secondary N) is 2. The van der Waals surface area contributed by atoms with Gasteiger partial charge in [-0.15, -0.1) is 0 Å². The van der Waals surface area contributed by atoms with E-state index in [1.807, 2.05) is 0 Å². The molecule has 3 fully saturated rings. The normalized spacial score (nSPS) is 34.2. The number of fused-ring (bicyclic) bond motifs is 1. The molecule has 1 aliphatic heterocycles. The van der Waals surface area contributed by atoms with Crippen LogP contribution in [0.3, 0.4) is 0 Å². The lowest BCUT2D eigenvalue weighted by Crippen LogP contribution is -2.49. The summed E-state index contributed by atoms with van der Waals surface area (Å²) in [6.45, 7) is 2.25. The van der Waals surface area contributed by atoms with Gasteiger partial charge in [0.25, 0.3) is 0 Å². The van der Waals surface area contributed by atoms with Crippen molar-refractivity contribution in [2.24, 2.45) is 16.7 Å². The second kappa shape index (κ2) is 5.23. The highest BCUT2D eigenvalue weighted by molar-refractivity contribution is 7.90. The minimum atomic E-state index is -2.97. The van der Waals surface area contributed by atoms with Gasteiger partial charge in [0.15, 0.2) is 0 Å². The number of hydrogen-bond acceptors (Lipinski definition) is 4. The van der Waals surface area contributed by atoms with E-state index in [-0.39, 0.29) is 22.5 Å². The van der Waals surface area contributed by atoms with Gasteiger partial charge in [-0.25, -0.2) is 8.42 Å². The molecule has 1 saturated heterocycles. The van der Waals surface area contributed by atoms with E-state index in [0.717, 1.165) is 45.2 Å². The third-order valence-corrected chi connectivity index (χ3v) is 6.78. The number of carbonyl (C=O) groups is 1. The summed E-state index contributed by atoms with van der Waals surface area (Å²) in [4.78, 5) is 12.7. The highest BCUT2D eigenvalue weighted by atomic mass is 32.2. The number of sulfone groups is 1. The maximum absolute atomic E-state index is 12.7. The predicted molar refractivity (Wildman–Crippen MR) is 81.6 cm³/mol. The molecule has 2 atom stereocenters. The van der Waals surface area contributed by atoms with Crippen LogP contribution in [0, 0.1) is 16.7 Å². The number of amides is 1. The molecule has 6 heteroatoms. The van der Waals surface area contributed by atoms with Crippen LogP contribution in [0.15, 0.2) is 0 Å². The fourth-order valence-corrected chi connectivity index (χ4v) is 5.74. The van der Waals surface area contributed by atoms with Crippen molar-refractivity contribution in [1.29, 1.82) is 0 Å². The van der Waals surface area contributed by atoms with Crippen molar-refractivity contribution in [3.63, 3.8) is 0 Å². The van der Waals surface area contributed by atoms with Gasteiger partial charge in [0.2, 0.25) is 5.91 Å². The molecule has 21 heavy (non-hydrogen) atoms. The van der Waals surface area contributed by atoms with Crippen molar-refractivity contribution in [3.05, 3.63) is 0 Å². The summed E-state index contributed by atoms with van der Waals surface area (Å²) in [7, 11) is -2.97. The van der Waals surface area contributed by atoms with E-state index in [1.165, 1.54) is 12.7 Å². The summed E-state index contributed by atoms with van der Waals surface area (Å²) in [5.41, 5.74) is -0.421. The Morgan fingerprint density at radius 1 is 1.29 bits per heavy atom. The van der Waals surface area contributed by atoms with Crippen molar-refractivity contribution < 1.29 is 13.2 Å². The Morgan fingerprint density at radius 3 is 2.71 bits per heavy atom. The lowest BCUT2D eigenvalue weighted by atomic mass is 9.67. The number of hydrogen-bond donors (Lipinski definition) is 2. The SMILES string of the molecule is CS(=O)(=O)CC1(CNC(=O)[C@@]23CCCC[C@H]2CNC3)CC1. The minimum Gasteiger partial charge on any atom is -0.355 e. The van der Waals surface area contributed by atoms with Crippen molar-refractivity contribution in [2.45, 2.75) is 38.5 Å².